The molecule has 0 spiro atoms. The van der Waals surface area contributed by atoms with E-state index in [9.17, 15) is 4.79 Å². The first kappa shape index (κ1) is 9.52. The van der Waals surface area contributed by atoms with Gasteiger partial charge in [0.05, 0.1) is 5.92 Å². The van der Waals surface area contributed by atoms with Gasteiger partial charge in [-0.25, -0.2) is 0 Å². The fraction of sp³-hybridized carbons (Fsp3) is 0.889. The van der Waals surface area contributed by atoms with Gasteiger partial charge in [-0.15, -0.1) is 0 Å². The zero-order valence-corrected chi connectivity index (χ0v) is 7.95. The van der Waals surface area contributed by atoms with E-state index in [2.05, 4.69) is 18.7 Å². The van der Waals surface area contributed by atoms with E-state index in [1.54, 1.807) is 0 Å². The van der Waals surface area contributed by atoms with Crippen LogP contribution in [0.15, 0.2) is 0 Å². The maximum atomic E-state index is 10.8. The van der Waals surface area contributed by atoms with Crippen LogP contribution in [0.2, 0.25) is 0 Å². The topological polar surface area (TPSA) is 40.5 Å². The summed E-state index contributed by atoms with van der Waals surface area (Å²) in [5.74, 6) is -0.511. The summed E-state index contributed by atoms with van der Waals surface area (Å²) in [6, 6.07) is 0.469. The highest BCUT2D eigenvalue weighted by atomic mass is 16.4. The molecule has 0 amide bonds. The van der Waals surface area contributed by atoms with Crippen molar-refractivity contribution in [1.82, 2.24) is 4.90 Å². The SMILES string of the molecule is CC(C)N1C[C@H](C(=O)O)[C@@H](C)C1. The summed E-state index contributed by atoms with van der Waals surface area (Å²) in [6.07, 6.45) is 0. The molecular weight excluding hydrogens is 154 g/mol. The maximum Gasteiger partial charge on any atom is 0.308 e. The zero-order valence-electron chi connectivity index (χ0n) is 7.95. The van der Waals surface area contributed by atoms with Crippen molar-refractivity contribution in [3.63, 3.8) is 0 Å². The Balaban J connectivity index is 2.56. The van der Waals surface area contributed by atoms with Crippen LogP contribution in [0, 0.1) is 11.8 Å². The molecule has 0 aromatic carbocycles. The lowest BCUT2D eigenvalue weighted by atomic mass is 9.99. The van der Waals surface area contributed by atoms with E-state index < -0.39 is 5.97 Å². The number of likely N-dealkylation sites (tertiary alicyclic amines) is 1. The van der Waals surface area contributed by atoms with Crippen LogP contribution in [0.3, 0.4) is 0 Å². The fourth-order valence-corrected chi connectivity index (χ4v) is 1.75. The van der Waals surface area contributed by atoms with Gasteiger partial charge in [-0.05, 0) is 19.8 Å². The Kier molecular flexibility index (Phi) is 2.73. The van der Waals surface area contributed by atoms with E-state index >= 15 is 0 Å². The minimum absolute atomic E-state index is 0.160. The van der Waals surface area contributed by atoms with E-state index in [1.807, 2.05) is 6.92 Å². The average molecular weight is 171 g/mol. The van der Waals surface area contributed by atoms with E-state index in [-0.39, 0.29) is 5.92 Å². The molecule has 0 aliphatic carbocycles. The molecule has 70 valence electrons. The molecule has 3 nitrogen and oxygen atoms in total. The van der Waals surface area contributed by atoms with Gasteiger partial charge >= 0.3 is 5.97 Å². The summed E-state index contributed by atoms with van der Waals surface area (Å²) in [6.45, 7) is 7.87. The van der Waals surface area contributed by atoms with Gasteiger partial charge in [0.25, 0.3) is 0 Å². The number of carboxylic acids is 1. The number of rotatable bonds is 2. The molecule has 0 radical (unpaired) electrons. The van der Waals surface area contributed by atoms with Crippen LogP contribution in [-0.4, -0.2) is 35.1 Å². The number of nitrogens with zero attached hydrogens (tertiary/aromatic N) is 1. The van der Waals surface area contributed by atoms with Crippen molar-refractivity contribution < 1.29 is 9.90 Å². The number of carboxylic acid groups (broad SMARTS) is 1. The second-order valence-electron chi connectivity index (χ2n) is 3.97. The Labute approximate surface area is 73.4 Å². The molecule has 1 heterocycles. The standard InChI is InChI=1S/C9H17NO2/c1-6(2)10-4-7(3)8(5-10)9(11)12/h6-8H,4-5H2,1-3H3,(H,11,12)/t7-,8-/m0/s1. The molecule has 3 heteroatoms. The van der Waals surface area contributed by atoms with Crippen molar-refractivity contribution in [3.05, 3.63) is 0 Å². The van der Waals surface area contributed by atoms with E-state index in [1.165, 1.54) is 0 Å². The molecule has 1 saturated heterocycles. The largest absolute Gasteiger partial charge is 0.481 e. The van der Waals surface area contributed by atoms with Crippen LogP contribution >= 0.6 is 0 Å². The molecule has 0 aromatic rings. The summed E-state index contributed by atoms with van der Waals surface area (Å²) in [7, 11) is 0. The zero-order chi connectivity index (χ0) is 9.30. The van der Waals surface area contributed by atoms with Crippen LogP contribution in [-0.2, 0) is 4.79 Å². The quantitative estimate of drug-likeness (QED) is 0.675. The highest BCUT2D eigenvalue weighted by molar-refractivity contribution is 5.71. The Morgan fingerprint density at radius 2 is 2.08 bits per heavy atom. The summed E-state index contributed by atoms with van der Waals surface area (Å²) < 4.78 is 0. The lowest BCUT2D eigenvalue weighted by Gasteiger charge is -2.19. The van der Waals surface area contributed by atoms with E-state index in [4.69, 9.17) is 5.11 Å². The lowest BCUT2D eigenvalue weighted by molar-refractivity contribution is -0.142. The van der Waals surface area contributed by atoms with Gasteiger partial charge in [-0.2, -0.15) is 0 Å². The first-order valence-corrected chi connectivity index (χ1v) is 4.49. The van der Waals surface area contributed by atoms with Gasteiger partial charge in [0, 0.05) is 19.1 Å². The van der Waals surface area contributed by atoms with Crippen LogP contribution in [0.1, 0.15) is 20.8 Å². The van der Waals surface area contributed by atoms with Gasteiger partial charge < -0.3 is 5.11 Å². The van der Waals surface area contributed by atoms with Crippen molar-refractivity contribution in [1.29, 1.82) is 0 Å². The Bertz CT molecular complexity index is 179. The molecule has 2 atom stereocenters. The Morgan fingerprint density at radius 3 is 2.33 bits per heavy atom. The number of hydrogen-bond donors (Lipinski definition) is 1. The summed E-state index contributed by atoms with van der Waals surface area (Å²) in [5.41, 5.74) is 0. The highest BCUT2D eigenvalue weighted by Gasteiger charge is 2.35. The molecule has 0 aromatic heterocycles. The highest BCUT2D eigenvalue weighted by Crippen LogP contribution is 2.24. The number of aliphatic carboxylic acids is 1. The van der Waals surface area contributed by atoms with Gasteiger partial charge in [-0.1, -0.05) is 6.92 Å². The van der Waals surface area contributed by atoms with Crippen molar-refractivity contribution in [2.75, 3.05) is 13.1 Å². The van der Waals surface area contributed by atoms with Crippen LogP contribution in [0.25, 0.3) is 0 Å². The second-order valence-corrected chi connectivity index (χ2v) is 3.97. The summed E-state index contributed by atoms with van der Waals surface area (Å²) in [4.78, 5) is 13.0. The summed E-state index contributed by atoms with van der Waals surface area (Å²) >= 11 is 0. The van der Waals surface area contributed by atoms with Crippen molar-refractivity contribution >= 4 is 5.97 Å². The molecule has 1 rings (SSSR count). The van der Waals surface area contributed by atoms with Gasteiger partial charge in [0.1, 0.15) is 0 Å². The van der Waals surface area contributed by atoms with Gasteiger partial charge in [-0.3, -0.25) is 9.69 Å². The average Bonchev–Trinajstić information content (AvgIpc) is 2.30. The van der Waals surface area contributed by atoms with E-state index in [0.29, 0.717) is 18.5 Å². The van der Waals surface area contributed by atoms with Gasteiger partial charge in [0.2, 0.25) is 0 Å². The minimum atomic E-state index is -0.648. The van der Waals surface area contributed by atoms with Crippen LogP contribution < -0.4 is 0 Å². The van der Waals surface area contributed by atoms with Crippen LogP contribution in [0.5, 0.6) is 0 Å². The molecule has 1 aliphatic heterocycles. The van der Waals surface area contributed by atoms with E-state index in [0.717, 1.165) is 6.54 Å². The molecule has 0 bridgehead atoms. The number of carbonyl (C=O) groups is 1. The van der Waals surface area contributed by atoms with Crippen molar-refractivity contribution in [3.8, 4) is 0 Å². The summed E-state index contributed by atoms with van der Waals surface area (Å²) in [5, 5.41) is 8.86. The van der Waals surface area contributed by atoms with Crippen molar-refractivity contribution in [2.24, 2.45) is 11.8 Å². The Morgan fingerprint density at radius 1 is 1.50 bits per heavy atom. The first-order chi connectivity index (χ1) is 5.52. The minimum Gasteiger partial charge on any atom is -0.481 e. The molecule has 1 fully saturated rings. The lowest BCUT2D eigenvalue weighted by Crippen LogP contribution is -2.29. The Hall–Kier alpha value is -0.570. The van der Waals surface area contributed by atoms with Crippen molar-refractivity contribution in [2.45, 2.75) is 26.8 Å². The third-order valence-corrected chi connectivity index (χ3v) is 2.69. The predicted molar refractivity (Wildman–Crippen MR) is 47.0 cm³/mol. The fourth-order valence-electron chi connectivity index (χ4n) is 1.75. The number of hydrogen-bond acceptors (Lipinski definition) is 2. The first-order valence-electron chi connectivity index (χ1n) is 4.49. The molecule has 12 heavy (non-hydrogen) atoms. The van der Waals surface area contributed by atoms with Gasteiger partial charge in [0.15, 0.2) is 0 Å². The normalized spacial score (nSPS) is 31.3. The molecular formula is C9H17NO2. The maximum absolute atomic E-state index is 10.8. The molecule has 0 unspecified atom stereocenters. The smallest absolute Gasteiger partial charge is 0.308 e. The third kappa shape index (κ3) is 1.78. The third-order valence-electron chi connectivity index (χ3n) is 2.69. The second kappa shape index (κ2) is 3.44. The molecule has 1 N–H and O–H groups in total. The molecule has 0 saturated carbocycles. The molecule has 1 aliphatic rings. The predicted octanol–water partition coefficient (Wildman–Crippen LogP) is 1.05. The monoisotopic (exact) mass is 171 g/mol. The van der Waals surface area contributed by atoms with Crippen LogP contribution in [0.4, 0.5) is 0 Å².